The van der Waals surface area contributed by atoms with Gasteiger partial charge in [0.1, 0.15) is 5.01 Å². The molecule has 7 heteroatoms. The minimum absolute atomic E-state index is 0.0387. The van der Waals surface area contributed by atoms with Gasteiger partial charge >= 0.3 is 0 Å². The maximum absolute atomic E-state index is 11.8. The zero-order valence-corrected chi connectivity index (χ0v) is 13.8. The molecule has 5 nitrogen and oxygen atoms in total. The lowest BCUT2D eigenvalue weighted by molar-refractivity contribution is -0.111. The molecule has 0 bridgehead atoms. The molecule has 0 unspecified atom stereocenters. The molecule has 0 saturated carbocycles. The number of hydrogen-bond acceptors (Lipinski definition) is 5. The number of thioether (sulfide) groups is 1. The fourth-order valence-corrected chi connectivity index (χ4v) is 2.63. The van der Waals surface area contributed by atoms with Crippen LogP contribution in [-0.2, 0) is 4.79 Å². The largest absolute Gasteiger partial charge is 0.339 e. The second-order valence-corrected chi connectivity index (χ2v) is 6.43. The third-order valence-electron chi connectivity index (χ3n) is 2.52. The van der Waals surface area contributed by atoms with E-state index in [2.05, 4.69) is 10.3 Å². The van der Waals surface area contributed by atoms with Crippen molar-refractivity contribution in [3.8, 4) is 0 Å². The first kappa shape index (κ1) is 16.3. The van der Waals surface area contributed by atoms with Crippen molar-refractivity contribution in [2.75, 3.05) is 19.4 Å². The Bertz CT molecular complexity index is 665. The molecule has 2 aromatic rings. The molecule has 0 saturated heterocycles. The fourth-order valence-electron chi connectivity index (χ4n) is 1.45. The number of rotatable bonds is 4. The lowest BCUT2D eigenvalue weighted by Crippen LogP contribution is -2.16. The van der Waals surface area contributed by atoms with E-state index < -0.39 is 0 Å². The molecule has 22 heavy (non-hydrogen) atoms. The summed E-state index contributed by atoms with van der Waals surface area (Å²) in [5.41, 5.74) is 0.676. The molecule has 0 spiro atoms. The molecule has 1 aromatic carbocycles. The monoisotopic (exact) mass is 333 g/mol. The normalized spacial score (nSPS) is 10.6. The smallest absolute Gasteiger partial charge is 0.285 e. The molecule has 0 radical (unpaired) electrons. The Labute approximate surface area is 137 Å². The van der Waals surface area contributed by atoms with Gasteiger partial charge in [-0.05, 0) is 42.1 Å². The summed E-state index contributed by atoms with van der Waals surface area (Å²) in [6, 6.07) is 7.12. The van der Waals surface area contributed by atoms with Crippen LogP contribution in [0.4, 0.5) is 10.5 Å². The Hall–Kier alpha value is -2.12. The molecule has 1 aromatic heterocycles. The van der Waals surface area contributed by atoms with Gasteiger partial charge in [-0.3, -0.25) is 9.59 Å². The van der Waals surface area contributed by atoms with Crippen molar-refractivity contribution in [1.29, 1.82) is 0 Å². The number of nitrogens with zero attached hydrogens (tertiary/aromatic N) is 2. The fraction of sp³-hybridized carbons (Fsp3) is 0.133. The summed E-state index contributed by atoms with van der Waals surface area (Å²) in [5.74, 6) is -0.222. The standard InChI is InChI=1S/C15H15N3O2S2/c1-18(2)15(20)22-12-5-3-11(4-6-12)17-13(19)7-8-14-16-9-10-21-14/h3-10H,1-2H3,(H,17,19)/b8-7+. The van der Waals surface area contributed by atoms with E-state index in [1.54, 1.807) is 50.6 Å². The first-order chi connectivity index (χ1) is 10.5. The zero-order chi connectivity index (χ0) is 15.9. The summed E-state index contributed by atoms with van der Waals surface area (Å²) in [4.78, 5) is 29.8. The maximum Gasteiger partial charge on any atom is 0.285 e. The van der Waals surface area contributed by atoms with Crippen LogP contribution < -0.4 is 5.32 Å². The second kappa shape index (κ2) is 7.77. The Kier molecular flexibility index (Phi) is 5.74. The highest BCUT2D eigenvalue weighted by atomic mass is 32.2. The number of thiazole rings is 1. The van der Waals surface area contributed by atoms with E-state index in [-0.39, 0.29) is 11.1 Å². The predicted octanol–water partition coefficient (Wildman–Crippen LogP) is 3.57. The van der Waals surface area contributed by atoms with E-state index in [9.17, 15) is 9.59 Å². The van der Waals surface area contributed by atoms with Gasteiger partial charge in [0.15, 0.2) is 0 Å². The van der Waals surface area contributed by atoms with Crippen molar-refractivity contribution in [3.05, 3.63) is 46.9 Å². The summed E-state index contributed by atoms with van der Waals surface area (Å²) < 4.78 is 0. The van der Waals surface area contributed by atoms with E-state index >= 15 is 0 Å². The predicted molar refractivity (Wildman–Crippen MR) is 91.2 cm³/mol. The van der Waals surface area contributed by atoms with Crippen LogP contribution in [0, 0.1) is 0 Å². The number of carbonyl (C=O) groups is 2. The lowest BCUT2D eigenvalue weighted by atomic mass is 10.3. The molecule has 0 atom stereocenters. The van der Waals surface area contributed by atoms with E-state index in [0.717, 1.165) is 21.7 Å². The average Bonchev–Trinajstić information content (AvgIpc) is 3.00. The highest BCUT2D eigenvalue weighted by molar-refractivity contribution is 8.13. The van der Waals surface area contributed by atoms with E-state index in [1.165, 1.54) is 22.3 Å². The minimum atomic E-state index is -0.222. The minimum Gasteiger partial charge on any atom is -0.339 e. The summed E-state index contributed by atoms with van der Waals surface area (Å²) in [6.45, 7) is 0. The first-order valence-electron chi connectivity index (χ1n) is 6.42. The van der Waals surface area contributed by atoms with Gasteiger partial charge in [0, 0.05) is 42.3 Å². The van der Waals surface area contributed by atoms with Crippen LogP contribution in [0.15, 0.2) is 46.8 Å². The van der Waals surface area contributed by atoms with Crippen LogP contribution in [0.1, 0.15) is 5.01 Å². The van der Waals surface area contributed by atoms with Crippen molar-refractivity contribution in [1.82, 2.24) is 9.88 Å². The number of carbonyl (C=O) groups excluding carboxylic acids is 2. The number of amides is 2. The summed E-state index contributed by atoms with van der Waals surface area (Å²) >= 11 is 2.61. The summed E-state index contributed by atoms with van der Waals surface area (Å²) in [7, 11) is 3.41. The van der Waals surface area contributed by atoms with Crippen molar-refractivity contribution in [2.24, 2.45) is 0 Å². The molecule has 0 aliphatic rings. The molecular weight excluding hydrogens is 318 g/mol. The van der Waals surface area contributed by atoms with Gasteiger partial charge < -0.3 is 10.2 Å². The lowest BCUT2D eigenvalue weighted by Gasteiger charge is -2.09. The van der Waals surface area contributed by atoms with Crippen LogP contribution in [0.3, 0.4) is 0 Å². The Morgan fingerprint density at radius 2 is 2.00 bits per heavy atom. The molecule has 0 fully saturated rings. The third kappa shape index (κ3) is 5.01. The van der Waals surface area contributed by atoms with Crippen LogP contribution in [0.2, 0.25) is 0 Å². The number of nitrogens with one attached hydrogen (secondary N) is 1. The van der Waals surface area contributed by atoms with E-state index in [4.69, 9.17) is 0 Å². The van der Waals surface area contributed by atoms with Gasteiger partial charge in [0.2, 0.25) is 5.91 Å². The topological polar surface area (TPSA) is 62.3 Å². The molecular formula is C15H15N3O2S2. The Morgan fingerprint density at radius 1 is 1.27 bits per heavy atom. The maximum atomic E-state index is 11.8. The zero-order valence-electron chi connectivity index (χ0n) is 12.1. The molecule has 0 aliphatic carbocycles. The van der Waals surface area contributed by atoms with Crippen molar-refractivity contribution < 1.29 is 9.59 Å². The van der Waals surface area contributed by atoms with Crippen molar-refractivity contribution in [2.45, 2.75) is 4.90 Å². The number of aromatic nitrogens is 1. The van der Waals surface area contributed by atoms with E-state index in [1.807, 2.05) is 5.38 Å². The molecule has 0 aliphatic heterocycles. The Morgan fingerprint density at radius 3 is 2.59 bits per heavy atom. The van der Waals surface area contributed by atoms with Crippen LogP contribution in [-0.4, -0.2) is 35.1 Å². The van der Waals surface area contributed by atoms with E-state index in [0.29, 0.717) is 5.69 Å². The molecule has 2 rings (SSSR count). The van der Waals surface area contributed by atoms with Gasteiger partial charge in [0.25, 0.3) is 5.24 Å². The number of anilines is 1. The van der Waals surface area contributed by atoms with Gasteiger partial charge in [-0.1, -0.05) is 0 Å². The number of benzene rings is 1. The number of hydrogen-bond donors (Lipinski definition) is 1. The molecule has 114 valence electrons. The van der Waals surface area contributed by atoms with Crippen molar-refractivity contribution in [3.63, 3.8) is 0 Å². The van der Waals surface area contributed by atoms with Gasteiger partial charge in [-0.2, -0.15) is 0 Å². The molecule has 1 heterocycles. The average molecular weight is 333 g/mol. The van der Waals surface area contributed by atoms with Gasteiger partial charge in [0.05, 0.1) is 0 Å². The van der Waals surface area contributed by atoms with Gasteiger partial charge in [-0.15, -0.1) is 11.3 Å². The third-order valence-corrected chi connectivity index (χ3v) is 4.31. The van der Waals surface area contributed by atoms with Crippen LogP contribution >= 0.6 is 23.1 Å². The van der Waals surface area contributed by atoms with Crippen LogP contribution in [0.25, 0.3) is 6.08 Å². The SMILES string of the molecule is CN(C)C(=O)Sc1ccc(NC(=O)/C=C/c2nccs2)cc1. The molecule has 1 N–H and O–H groups in total. The molecule has 2 amide bonds. The summed E-state index contributed by atoms with van der Waals surface area (Å²) in [6.07, 6.45) is 4.80. The van der Waals surface area contributed by atoms with Gasteiger partial charge in [-0.25, -0.2) is 4.98 Å². The quantitative estimate of drug-likeness (QED) is 0.686. The Balaban J connectivity index is 1.90. The highest BCUT2D eigenvalue weighted by Gasteiger charge is 2.06. The highest BCUT2D eigenvalue weighted by Crippen LogP contribution is 2.22. The summed E-state index contributed by atoms with van der Waals surface area (Å²) in [5, 5.41) is 5.35. The van der Waals surface area contributed by atoms with Crippen LogP contribution in [0.5, 0.6) is 0 Å². The van der Waals surface area contributed by atoms with Crippen molar-refractivity contribution >= 4 is 46.0 Å². The first-order valence-corrected chi connectivity index (χ1v) is 8.12. The second-order valence-electron chi connectivity index (χ2n) is 4.48.